The number of hydrogen-bond donors (Lipinski definition) is 1. The van der Waals surface area contributed by atoms with Crippen LogP contribution in [0.1, 0.15) is 18.4 Å². The average Bonchev–Trinajstić information content (AvgIpc) is 2.93. The van der Waals surface area contributed by atoms with Crippen molar-refractivity contribution in [3.63, 3.8) is 0 Å². The molecule has 1 unspecified atom stereocenters. The zero-order valence-electron chi connectivity index (χ0n) is 11.2. The van der Waals surface area contributed by atoms with Gasteiger partial charge in [-0.15, -0.1) is 0 Å². The summed E-state index contributed by atoms with van der Waals surface area (Å²) in [6.45, 7) is 1.10. The first kappa shape index (κ1) is 13.1. The maximum Gasteiger partial charge on any atom is 0.323 e. The number of hydroxylamine groups is 2. The lowest BCUT2D eigenvalue weighted by Gasteiger charge is -2.20. The van der Waals surface area contributed by atoms with Gasteiger partial charge in [-0.3, -0.25) is 9.63 Å². The Morgan fingerprint density at radius 2 is 2.05 bits per heavy atom. The Bertz CT molecular complexity index is 626. The largest absolute Gasteiger partial charge is 0.480 e. The molecule has 104 valence electrons. The molecule has 1 aliphatic heterocycles. The van der Waals surface area contributed by atoms with E-state index in [0.717, 1.165) is 12.0 Å². The summed E-state index contributed by atoms with van der Waals surface area (Å²) in [5.74, 6) is -0.805. The SMILES string of the molecule is O=C(O)C1CCCN1OCc1ccc2ccccc2c1. The van der Waals surface area contributed by atoms with Crippen LogP contribution >= 0.6 is 0 Å². The highest BCUT2D eigenvalue weighted by atomic mass is 16.7. The van der Waals surface area contributed by atoms with Gasteiger partial charge < -0.3 is 5.11 Å². The number of aliphatic carboxylic acids is 1. The second-order valence-corrected chi connectivity index (χ2v) is 5.09. The minimum absolute atomic E-state index is 0.411. The molecule has 0 aliphatic carbocycles. The Hall–Kier alpha value is -1.91. The van der Waals surface area contributed by atoms with Crippen molar-refractivity contribution in [3.8, 4) is 0 Å². The Labute approximate surface area is 117 Å². The second kappa shape index (κ2) is 5.61. The normalized spacial score (nSPS) is 19.5. The number of fused-ring (bicyclic) bond motifs is 1. The number of hydrogen-bond acceptors (Lipinski definition) is 3. The first-order chi connectivity index (χ1) is 9.74. The van der Waals surface area contributed by atoms with Crippen molar-refractivity contribution in [1.82, 2.24) is 5.06 Å². The molecule has 0 amide bonds. The van der Waals surface area contributed by atoms with E-state index >= 15 is 0 Å². The fourth-order valence-electron chi connectivity index (χ4n) is 2.63. The van der Waals surface area contributed by atoms with Gasteiger partial charge in [0.2, 0.25) is 0 Å². The summed E-state index contributed by atoms with van der Waals surface area (Å²) in [7, 11) is 0. The molecule has 0 radical (unpaired) electrons. The van der Waals surface area contributed by atoms with Crippen molar-refractivity contribution in [3.05, 3.63) is 48.0 Å². The van der Waals surface area contributed by atoms with Gasteiger partial charge in [0.15, 0.2) is 0 Å². The van der Waals surface area contributed by atoms with Gasteiger partial charge in [-0.1, -0.05) is 36.4 Å². The average molecular weight is 271 g/mol. The molecule has 0 bridgehead atoms. The van der Waals surface area contributed by atoms with Gasteiger partial charge in [-0.2, -0.15) is 5.06 Å². The predicted molar refractivity (Wildman–Crippen MR) is 76.1 cm³/mol. The summed E-state index contributed by atoms with van der Waals surface area (Å²) < 4.78 is 0. The minimum Gasteiger partial charge on any atom is -0.480 e. The first-order valence-corrected chi connectivity index (χ1v) is 6.84. The van der Waals surface area contributed by atoms with Crippen molar-refractivity contribution in [2.45, 2.75) is 25.5 Å². The van der Waals surface area contributed by atoms with Crippen molar-refractivity contribution >= 4 is 16.7 Å². The van der Waals surface area contributed by atoms with E-state index in [1.807, 2.05) is 18.2 Å². The third-order valence-electron chi connectivity index (χ3n) is 3.70. The third-order valence-corrected chi connectivity index (χ3v) is 3.70. The molecule has 1 saturated heterocycles. The van der Waals surface area contributed by atoms with Crippen molar-refractivity contribution in [2.75, 3.05) is 6.54 Å². The molecule has 4 nitrogen and oxygen atoms in total. The lowest BCUT2D eigenvalue weighted by Crippen LogP contribution is -2.35. The molecule has 20 heavy (non-hydrogen) atoms. The van der Waals surface area contributed by atoms with E-state index < -0.39 is 12.0 Å². The molecule has 0 saturated carbocycles. The van der Waals surface area contributed by atoms with E-state index in [1.165, 1.54) is 10.8 Å². The molecule has 2 aromatic rings. The van der Waals surface area contributed by atoms with Gasteiger partial charge in [0.1, 0.15) is 6.04 Å². The zero-order valence-corrected chi connectivity index (χ0v) is 11.2. The van der Waals surface area contributed by atoms with Crippen molar-refractivity contribution < 1.29 is 14.7 Å². The molecule has 1 atom stereocenters. The lowest BCUT2D eigenvalue weighted by atomic mass is 10.1. The number of nitrogens with zero attached hydrogens (tertiary/aromatic N) is 1. The van der Waals surface area contributed by atoms with Crippen molar-refractivity contribution in [1.29, 1.82) is 0 Å². The van der Waals surface area contributed by atoms with Crippen molar-refractivity contribution in [2.24, 2.45) is 0 Å². The van der Waals surface area contributed by atoms with Crippen LogP contribution in [0.2, 0.25) is 0 Å². The summed E-state index contributed by atoms with van der Waals surface area (Å²) in [5.41, 5.74) is 1.06. The maximum absolute atomic E-state index is 11.1. The first-order valence-electron chi connectivity index (χ1n) is 6.84. The summed E-state index contributed by atoms with van der Waals surface area (Å²) in [5, 5.41) is 13.1. The van der Waals surface area contributed by atoms with Gasteiger partial charge in [0, 0.05) is 6.54 Å². The molecule has 0 spiro atoms. The smallest absolute Gasteiger partial charge is 0.323 e. The van der Waals surface area contributed by atoms with Crippen LogP contribution in [0.4, 0.5) is 0 Å². The standard InChI is InChI=1S/C16H17NO3/c18-16(19)15-6-3-9-17(15)20-11-12-7-8-13-4-1-2-5-14(13)10-12/h1-2,4-5,7-8,10,15H,3,6,9,11H2,(H,18,19). The van der Waals surface area contributed by atoms with E-state index in [-0.39, 0.29) is 0 Å². The van der Waals surface area contributed by atoms with Crippen LogP contribution < -0.4 is 0 Å². The molecular weight excluding hydrogens is 254 g/mol. The molecule has 1 heterocycles. The molecule has 3 rings (SSSR count). The molecule has 4 heteroatoms. The van der Waals surface area contributed by atoms with E-state index in [9.17, 15) is 4.79 Å². The Kier molecular flexibility index (Phi) is 3.67. The van der Waals surface area contributed by atoms with E-state index in [2.05, 4.69) is 24.3 Å². The molecule has 1 N–H and O–H groups in total. The number of carboxylic acids is 1. The van der Waals surface area contributed by atoms with Gasteiger partial charge >= 0.3 is 5.97 Å². The molecule has 1 fully saturated rings. The molecular formula is C16H17NO3. The quantitative estimate of drug-likeness (QED) is 0.929. The van der Waals surface area contributed by atoms with Gasteiger partial charge in [-0.25, -0.2) is 0 Å². The number of rotatable bonds is 4. The third kappa shape index (κ3) is 2.66. The number of carbonyl (C=O) groups is 1. The molecule has 1 aliphatic rings. The van der Waals surface area contributed by atoms with Gasteiger partial charge in [-0.05, 0) is 35.2 Å². The monoisotopic (exact) mass is 271 g/mol. The van der Waals surface area contributed by atoms with Crippen LogP contribution in [0.3, 0.4) is 0 Å². The van der Waals surface area contributed by atoms with E-state index in [4.69, 9.17) is 9.94 Å². The Morgan fingerprint density at radius 1 is 1.25 bits per heavy atom. The fraction of sp³-hybridized carbons (Fsp3) is 0.312. The molecule has 2 aromatic carbocycles. The van der Waals surface area contributed by atoms with Crippen LogP contribution in [-0.4, -0.2) is 28.7 Å². The topological polar surface area (TPSA) is 49.8 Å². The number of benzene rings is 2. The van der Waals surface area contributed by atoms with Crippen LogP contribution in [0, 0.1) is 0 Å². The van der Waals surface area contributed by atoms with E-state index in [1.54, 1.807) is 5.06 Å². The maximum atomic E-state index is 11.1. The highest BCUT2D eigenvalue weighted by molar-refractivity contribution is 5.82. The minimum atomic E-state index is -0.805. The highest BCUT2D eigenvalue weighted by Gasteiger charge is 2.31. The highest BCUT2D eigenvalue weighted by Crippen LogP contribution is 2.20. The molecule has 0 aromatic heterocycles. The Balaban J connectivity index is 1.69. The second-order valence-electron chi connectivity index (χ2n) is 5.09. The summed E-state index contributed by atoms with van der Waals surface area (Å²) >= 11 is 0. The summed E-state index contributed by atoms with van der Waals surface area (Å²) in [6, 6.07) is 13.8. The summed E-state index contributed by atoms with van der Waals surface area (Å²) in [6.07, 6.45) is 1.53. The predicted octanol–water partition coefficient (Wildman–Crippen LogP) is 2.82. The van der Waals surface area contributed by atoms with Crippen LogP contribution in [0.25, 0.3) is 10.8 Å². The van der Waals surface area contributed by atoms with Crippen LogP contribution in [-0.2, 0) is 16.2 Å². The zero-order chi connectivity index (χ0) is 13.9. The fourth-order valence-corrected chi connectivity index (χ4v) is 2.63. The van der Waals surface area contributed by atoms with Gasteiger partial charge in [0.25, 0.3) is 0 Å². The van der Waals surface area contributed by atoms with Crippen LogP contribution in [0.5, 0.6) is 0 Å². The van der Waals surface area contributed by atoms with Gasteiger partial charge in [0.05, 0.1) is 6.61 Å². The Morgan fingerprint density at radius 3 is 2.85 bits per heavy atom. The lowest BCUT2D eigenvalue weighted by molar-refractivity contribution is -0.192. The number of carboxylic acid groups (broad SMARTS) is 1. The van der Waals surface area contributed by atoms with Crippen LogP contribution in [0.15, 0.2) is 42.5 Å². The summed E-state index contributed by atoms with van der Waals surface area (Å²) in [4.78, 5) is 16.7. The van der Waals surface area contributed by atoms with E-state index in [0.29, 0.717) is 19.6 Å².